The molecule has 7 nitrogen and oxygen atoms in total. The van der Waals surface area contributed by atoms with E-state index in [-0.39, 0.29) is 31.1 Å². The zero-order valence-electron chi connectivity index (χ0n) is 16.3. The molecular formula is C21H21FN2O5S. The summed E-state index contributed by atoms with van der Waals surface area (Å²) in [5.41, 5.74) is 0.838. The first-order valence-corrected chi connectivity index (χ1v) is 11.3. The number of aryl methyl sites for hydroxylation is 1. The molecule has 0 fully saturated rings. The molecule has 0 saturated heterocycles. The SMILES string of the molecule is CS(=O)(=O)CCOc1cccc(NC(=O)CCc2ncc(-c3ccccc3F)o2)c1. The lowest BCUT2D eigenvalue weighted by molar-refractivity contribution is -0.116. The van der Waals surface area contributed by atoms with E-state index in [1.807, 2.05) is 0 Å². The lowest BCUT2D eigenvalue weighted by Crippen LogP contribution is -2.13. The van der Waals surface area contributed by atoms with Gasteiger partial charge in [0.05, 0.1) is 17.5 Å². The Morgan fingerprint density at radius 2 is 2.00 bits per heavy atom. The van der Waals surface area contributed by atoms with Crippen LogP contribution >= 0.6 is 0 Å². The van der Waals surface area contributed by atoms with Crippen LogP contribution in [0.5, 0.6) is 5.75 Å². The first-order valence-electron chi connectivity index (χ1n) is 9.20. The van der Waals surface area contributed by atoms with Gasteiger partial charge in [0.2, 0.25) is 5.91 Å². The number of hydrogen-bond donors (Lipinski definition) is 1. The maximum Gasteiger partial charge on any atom is 0.224 e. The van der Waals surface area contributed by atoms with Gasteiger partial charge >= 0.3 is 0 Å². The molecule has 0 aliphatic rings. The number of amides is 1. The van der Waals surface area contributed by atoms with Crippen molar-refractivity contribution in [3.63, 3.8) is 0 Å². The summed E-state index contributed by atoms with van der Waals surface area (Å²) in [6.45, 7) is 0.0325. The molecular weight excluding hydrogens is 411 g/mol. The van der Waals surface area contributed by atoms with Gasteiger partial charge in [0.15, 0.2) is 21.5 Å². The number of hydrogen-bond acceptors (Lipinski definition) is 6. The van der Waals surface area contributed by atoms with Gasteiger partial charge in [0.1, 0.15) is 18.2 Å². The van der Waals surface area contributed by atoms with Gasteiger partial charge in [-0.1, -0.05) is 18.2 Å². The Labute approximate surface area is 173 Å². The van der Waals surface area contributed by atoms with Crippen molar-refractivity contribution < 1.29 is 26.8 Å². The maximum absolute atomic E-state index is 13.8. The van der Waals surface area contributed by atoms with Gasteiger partial charge < -0.3 is 14.5 Å². The minimum absolute atomic E-state index is 0.0325. The Hall–Kier alpha value is -3.20. The maximum atomic E-state index is 13.8. The smallest absolute Gasteiger partial charge is 0.224 e. The van der Waals surface area contributed by atoms with E-state index in [0.717, 1.165) is 6.26 Å². The van der Waals surface area contributed by atoms with Crippen LogP contribution in [-0.2, 0) is 21.1 Å². The van der Waals surface area contributed by atoms with Crippen molar-refractivity contribution in [2.75, 3.05) is 23.9 Å². The fourth-order valence-corrected chi connectivity index (χ4v) is 3.02. The fraction of sp³-hybridized carbons (Fsp3) is 0.238. The minimum Gasteiger partial charge on any atom is -0.492 e. The summed E-state index contributed by atoms with van der Waals surface area (Å²) in [5, 5.41) is 2.74. The van der Waals surface area contributed by atoms with E-state index < -0.39 is 15.7 Å². The van der Waals surface area contributed by atoms with Crippen LogP contribution < -0.4 is 10.1 Å². The zero-order chi connectivity index (χ0) is 21.6. The van der Waals surface area contributed by atoms with Crippen LogP contribution in [0.1, 0.15) is 12.3 Å². The molecule has 9 heteroatoms. The van der Waals surface area contributed by atoms with E-state index >= 15 is 0 Å². The summed E-state index contributed by atoms with van der Waals surface area (Å²) in [6.07, 6.45) is 2.95. The quantitative estimate of drug-likeness (QED) is 0.556. The molecule has 3 aromatic rings. The lowest BCUT2D eigenvalue weighted by Gasteiger charge is -2.08. The Morgan fingerprint density at radius 3 is 2.77 bits per heavy atom. The van der Waals surface area contributed by atoms with Crippen molar-refractivity contribution in [3.05, 3.63) is 66.4 Å². The van der Waals surface area contributed by atoms with Gasteiger partial charge in [-0.15, -0.1) is 0 Å². The monoisotopic (exact) mass is 432 g/mol. The van der Waals surface area contributed by atoms with E-state index in [1.165, 1.54) is 12.3 Å². The number of carbonyl (C=O) groups is 1. The molecule has 0 bridgehead atoms. The van der Waals surface area contributed by atoms with Crippen LogP contribution in [0.25, 0.3) is 11.3 Å². The molecule has 1 N–H and O–H groups in total. The average molecular weight is 432 g/mol. The number of sulfone groups is 1. The number of rotatable bonds is 9. The Morgan fingerprint density at radius 1 is 1.20 bits per heavy atom. The van der Waals surface area contributed by atoms with Gasteiger partial charge in [0, 0.05) is 30.9 Å². The van der Waals surface area contributed by atoms with E-state index in [2.05, 4.69) is 10.3 Å². The van der Waals surface area contributed by atoms with E-state index in [4.69, 9.17) is 9.15 Å². The highest BCUT2D eigenvalue weighted by molar-refractivity contribution is 7.90. The van der Waals surface area contributed by atoms with E-state index in [9.17, 15) is 17.6 Å². The summed E-state index contributed by atoms with van der Waals surface area (Å²) >= 11 is 0. The molecule has 1 heterocycles. The second-order valence-electron chi connectivity index (χ2n) is 6.65. The molecule has 0 atom stereocenters. The molecule has 0 saturated carbocycles. The molecule has 30 heavy (non-hydrogen) atoms. The predicted molar refractivity (Wildman–Crippen MR) is 110 cm³/mol. The van der Waals surface area contributed by atoms with Gasteiger partial charge in [-0.05, 0) is 24.3 Å². The van der Waals surface area contributed by atoms with Crippen LogP contribution in [0.2, 0.25) is 0 Å². The van der Waals surface area contributed by atoms with Crippen molar-refractivity contribution in [2.24, 2.45) is 0 Å². The van der Waals surface area contributed by atoms with Crippen LogP contribution in [0.4, 0.5) is 10.1 Å². The number of carbonyl (C=O) groups excluding carboxylic acids is 1. The van der Waals surface area contributed by atoms with Crippen molar-refractivity contribution in [2.45, 2.75) is 12.8 Å². The van der Waals surface area contributed by atoms with Crippen molar-refractivity contribution >= 4 is 21.4 Å². The highest BCUT2D eigenvalue weighted by atomic mass is 32.2. The third kappa shape index (κ3) is 6.41. The molecule has 1 amide bonds. The van der Waals surface area contributed by atoms with Gasteiger partial charge in [-0.2, -0.15) is 0 Å². The molecule has 158 valence electrons. The first-order chi connectivity index (χ1) is 14.3. The van der Waals surface area contributed by atoms with Crippen molar-refractivity contribution in [3.8, 4) is 17.1 Å². The summed E-state index contributed by atoms with van der Waals surface area (Å²) in [5.74, 6) is 0.349. The van der Waals surface area contributed by atoms with E-state index in [0.29, 0.717) is 28.7 Å². The standard InChI is InChI=1S/C21H21FN2O5S/c1-30(26,27)12-11-28-16-6-4-5-15(13-16)24-20(25)9-10-21-23-14-19(29-21)17-7-2-3-8-18(17)22/h2-8,13-14H,9-12H2,1H3,(H,24,25). The summed E-state index contributed by atoms with van der Waals surface area (Å²) in [4.78, 5) is 16.3. The number of anilines is 1. The van der Waals surface area contributed by atoms with Crippen LogP contribution in [0.15, 0.2) is 59.1 Å². The highest BCUT2D eigenvalue weighted by Crippen LogP contribution is 2.24. The van der Waals surface area contributed by atoms with Gasteiger partial charge in [-0.3, -0.25) is 4.79 Å². The molecule has 2 aromatic carbocycles. The van der Waals surface area contributed by atoms with Crippen molar-refractivity contribution in [1.82, 2.24) is 4.98 Å². The van der Waals surface area contributed by atoms with Crippen LogP contribution in [0.3, 0.4) is 0 Å². The van der Waals surface area contributed by atoms with Gasteiger partial charge in [-0.25, -0.2) is 17.8 Å². The third-order valence-electron chi connectivity index (χ3n) is 4.10. The number of oxazole rings is 1. The van der Waals surface area contributed by atoms with Gasteiger partial charge in [0.25, 0.3) is 0 Å². The van der Waals surface area contributed by atoms with Crippen molar-refractivity contribution in [1.29, 1.82) is 0 Å². The summed E-state index contributed by atoms with van der Waals surface area (Å²) in [6, 6.07) is 12.9. The Balaban J connectivity index is 1.52. The molecule has 0 radical (unpaired) electrons. The summed E-state index contributed by atoms with van der Waals surface area (Å²) in [7, 11) is -3.11. The predicted octanol–water partition coefficient (Wildman–Crippen LogP) is 3.48. The molecule has 0 unspecified atom stereocenters. The second kappa shape index (κ2) is 9.53. The lowest BCUT2D eigenvalue weighted by atomic mass is 10.2. The molecule has 3 rings (SSSR count). The van der Waals surface area contributed by atoms with Crippen LogP contribution in [-0.4, -0.2) is 37.9 Å². The second-order valence-corrected chi connectivity index (χ2v) is 8.91. The number of benzene rings is 2. The zero-order valence-corrected chi connectivity index (χ0v) is 17.1. The first kappa shape index (κ1) is 21.5. The molecule has 1 aromatic heterocycles. The Bertz CT molecular complexity index is 1130. The number of ether oxygens (including phenoxy) is 1. The highest BCUT2D eigenvalue weighted by Gasteiger charge is 2.12. The fourth-order valence-electron chi connectivity index (χ4n) is 2.63. The third-order valence-corrected chi connectivity index (χ3v) is 5.01. The Kier molecular flexibility index (Phi) is 6.83. The van der Waals surface area contributed by atoms with E-state index in [1.54, 1.807) is 42.5 Å². The normalized spacial score (nSPS) is 11.3. The topological polar surface area (TPSA) is 98.5 Å². The number of nitrogens with one attached hydrogen (secondary N) is 1. The minimum atomic E-state index is -3.11. The summed E-state index contributed by atoms with van der Waals surface area (Å²) < 4.78 is 47.1. The van der Waals surface area contributed by atoms with Crippen LogP contribution in [0, 0.1) is 5.82 Å². The largest absolute Gasteiger partial charge is 0.492 e. The average Bonchev–Trinajstić information content (AvgIpc) is 3.15. The molecule has 0 aliphatic heterocycles. The number of halogens is 1. The molecule has 0 spiro atoms. The number of nitrogens with zero attached hydrogens (tertiary/aromatic N) is 1. The molecule has 0 aliphatic carbocycles. The number of aromatic nitrogens is 1.